The van der Waals surface area contributed by atoms with E-state index in [4.69, 9.17) is 9.47 Å². The highest BCUT2D eigenvalue weighted by atomic mass is 32.2. The second-order valence-corrected chi connectivity index (χ2v) is 7.99. The second kappa shape index (κ2) is 10.1. The standard InChI is InChI=1S/C20H30N2O3S/c1-2-11-22(16-6-9-21-10-7-16)20(23)8-14-26-17-4-5-18-19(15-17)25-13-3-12-24-18/h4-5,15-16,21H,2-3,6-14H2,1H3. The maximum Gasteiger partial charge on any atom is 0.223 e. The Kier molecular flexibility index (Phi) is 7.50. The number of piperidine rings is 1. The summed E-state index contributed by atoms with van der Waals surface area (Å²) in [5.41, 5.74) is 0. The van der Waals surface area contributed by atoms with Crippen molar-refractivity contribution >= 4 is 17.7 Å². The van der Waals surface area contributed by atoms with Crippen LogP contribution >= 0.6 is 11.8 Å². The van der Waals surface area contributed by atoms with E-state index in [0.717, 1.165) is 67.5 Å². The molecule has 1 N–H and O–H groups in total. The number of carbonyl (C=O) groups is 1. The van der Waals surface area contributed by atoms with Gasteiger partial charge in [0.1, 0.15) is 0 Å². The van der Waals surface area contributed by atoms with E-state index in [1.165, 1.54) is 0 Å². The number of hydrogen-bond acceptors (Lipinski definition) is 5. The van der Waals surface area contributed by atoms with Crippen LogP contribution in [-0.4, -0.2) is 55.4 Å². The first-order chi connectivity index (χ1) is 12.8. The predicted molar refractivity (Wildman–Crippen MR) is 105 cm³/mol. The van der Waals surface area contributed by atoms with Gasteiger partial charge < -0.3 is 19.7 Å². The molecule has 0 bridgehead atoms. The van der Waals surface area contributed by atoms with Gasteiger partial charge in [0.2, 0.25) is 5.91 Å². The van der Waals surface area contributed by atoms with Crippen LogP contribution in [-0.2, 0) is 4.79 Å². The summed E-state index contributed by atoms with van der Waals surface area (Å²) in [5, 5.41) is 3.38. The molecule has 3 rings (SSSR count). The predicted octanol–water partition coefficient (Wildman–Crippen LogP) is 3.32. The molecule has 0 radical (unpaired) electrons. The molecule has 0 aliphatic carbocycles. The number of ether oxygens (including phenoxy) is 2. The van der Waals surface area contributed by atoms with Gasteiger partial charge in [-0.05, 0) is 50.6 Å². The van der Waals surface area contributed by atoms with E-state index in [0.29, 0.717) is 31.6 Å². The highest BCUT2D eigenvalue weighted by Crippen LogP contribution is 2.34. The Bertz CT molecular complexity index is 590. The fourth-order valence-electron chi connectivity index (χ4n) is 3.50. The van der Waals surface area contributed by atoms with Crippen LogP contribution in [0.15, 0.2) is 23.1 Å². The van der Waals surface area contributed by atoms with E-state index in [1.54, 1.807) is 11.8 Å². The molecule has 1 amide bonds. The second-order valence-electron chi connectivity index (χ2n) is 6.83. The van der Waals surface area contributed by atoms with Crippen molar-refractivity contribution in [3.63, 3.8) is 0 Å². The smallest absolute Gasteiger partial charge is 0.223 e. The van der Waals surface area contributed by atoms with Gasteiger partial charge >= 0.3 is 0 Å². The van der Waals surface area contributed by atoms with Crippen LogP contribution in [0.4, 0.5) is 0 Å². The van der Waals surface area contributed by atoms with E-state index < -0.39 is 0 Å². The molecular formula is C20H30N2O3S. The number of fused-ring (bicyclic) bond motifs is 1. The molecule has 0 aromatic heterocycles. The Morgan fingerprint density at radius 1 is 1.23 bits per heavy atom. The summed E-state index contributed by atoms with van der Waals surface area (Å²) in [6.45, 7) is 6.46. The third kappa shape index (κ3) is 5.30. The topological polar surface area (TPSA) is 50.8 Å². The van der Waals surface area contributed by atoms with Crippen molar-refractivity contribution < 1.29 is 14.3 Å². The Morgan fingerprint density at radius 2 is 2.00 bits per heavy atom. The number of hydrogen-bond donors (Lipinski definition) is 1. The van der Waals surface area contributed by atoms with Crippen LogP contribution in [0, 0.1) is 0 Å². The average molecular weight is 379 g/mol. The van der Waals surface area contributed by atoms with Crippen LogP contribution in [0.5, 0.6) is 11.5 Å². The van der Waals surface area contributed by atoms with Gasteiger partial charge in [0.25, 0.3) is 0 Å². The molecule has 144 valence electrons. The third-order valence-electron chi connectivity index (χ3n) is 4.84. The number of amides is 1. The lowest BCUT2D eigenvalue weighted by Crippen LogP contribution is -2.46. The van der Waals surface area contributed by atoms with Gasteiger partial charge in [-0.25, -0.2) is 0 Å². The van der Waals surface area contributed by atoms with E-state index >= 15 is 0 Å². The number of thioether (sulfide) groups is 1. The zero-order valence-corrected chi connectivity index (χ0v) is 16.5. The Labute approximate surface area is 160 Å². The summed E-state index contributed by atoms with van der Waals surface area (Å²) < 4.78 is 11.4. The van der Waals surface area contributed by atoms with Crippen LogP contribution in [0.3, 0.4) is 0 Å². The zero-order valence-electron chi connectivity index (χ0n) is 15.7. The maximum absolute atomic E-state index is 12.7. The largest absolute Gasteiger partial charge is 0.490 e. The SMILES string of the molecule is CCCN(C(=O)CCSc1ccc2c(c1)OCCCO2)C1CCNCC1. The summed E-state index contributed by atoms with van der Waals surface area (Å²) in [7, 11) is 0. The molecule has 1 fully saturated rings. The van der Waals surface area contributed by atoms with E-state index in [-0.39, 0.29) is 0 Å². The number of carbonyl (C=O) groups excluding carboxylic acids is 1. The van der Waals surface area contributed by atoms with E-state index in [1.807, 2.05) is 12.1 Å². The lowest BCUT2D eigenvalue weighted by molar-refractivity contribution is -0.133. The van der Waals surface area contributed by atoms with Gasteiger partial charge in [-0.3, -0.25) is 4.79 Å². The van der Waals surface area contributed by atoms with Crippen molar-refractivity contribution in [2.45, 2.75) is 50.0 Å². The van der Waals surface area contributed by atoms with Gasteiger partial charge in [-0.2, -0.15) is 0 Å². The van der Waals surface area contributed by atoms with E-state index in [9.17, 15) is 4.79 Å². The molecule has 2 aliphatic rings. The van der Waals surface area contributed by atoms with Crippen molar-refractivity contribution in [1.29, 1.82) is 0 Å². The van der Waals surface area contributed by atoms with Gasteiger partial charge in [0, 0.05) is 36.1 Å². The fraction of sp³-hybridized carbons (Fsp3) is 0.650. The summed E-state index contributed by atoms with van der Waals surface area (Å²) in [6, 6.07) is 6.47. The van der Waals surface area contributed by atoms with Crippen molar-refractivity contribution in [3.8, 4) is 11.5 Å². The molecule has 2 heterocycles. The van der Waals surface area contributed by atoms with Crippen molar-refractivity contribution in [3.05, 3.63) is 18.2 Å². The molecular weight excluding hydrogens is 348 g/mol. The molecule has 1 saturated heterocycles. The minimum Gasteiger partial charge on any atom is -0.490 e. The average Bonchev–Trinajstić information content (AvgIpc) is 2.91. The quantitative estimate of drug-likeness (QED) is 0.738. The Morgan fingerprint density at radius 3 is 2.77 bits per heavy atom. The minimum atomic E-state index is 0.292. The van der Waals surface area contributed by atoms with Gasteiger partial charge in [0.15, 0.2) is 11.5 Å². The lowest BCUT2D eigenvalue weighted by Gasteiger charge is -2.34. The van der Waals surface area contributed by atoms with Gasteiger partial charge in [0.05, 0.1) is 13.2 Å². The monoisotopic (exact) mass is 378 g/mol. The van der Waals surface area contributed by atoms with Crippen molar-refractivity contribution in [1.82, 2.24) is 10.2 Å². The summed E-state index contributed by atoms with van der Waals surface area (Å²) in [5.74, 6) is 2.73. The Hall–Kier alpha value is -1.40. The Balaban J connectivity index is 1.51. The van der Waals surface area contributed by atoms with Crippen molar-refractivity contribution in [2.24, 2.45) is 0 Å². The molecule has 1 aromatic rings. The summed E-state index contributed by atoms with van der Waals surface area (Å²) >= 11 is 1.72. The molecule has 0 spiro atoms. The number of rotatable bonds is 7. The summed E-state index contributed by atoms with van der Waals surface area (Å²) in [4.78, 5) is 16.0. The fourth-order valence-corrected chi connectivity index (χ4v) is 4.37. The minimum absolute atomic E-state index is 0.292. The molecule has 2 aliphatic heterocycles. The van der Waals surface area contributed by atoms with E-state index in [2.05, 4.69) is 23.2 Å². The third-order valence-corrected chi connectivity index (χ3v) is 5.83. The molecule has 5 nitrogen and oxygen atoms in total. The maximum atomic E-state index is 12.7. The first-order valence-corrected chi connectivity index (χ1v) is 10.8. The van der Waals surface area contributed by atoms with Gasteiger partial charge in [-0.1, -0.05) is 6.92 Å². The zero-order chi connectivity index (χ0) is 18.2. The normalized spacial score (nSPS) is 17.6. The van der Waals surface area contributed by atoms with Crippen LogP contribution in [0.1, 0.15) is 39.0 Å². The first kappa shape index (κ1) is 19.4. The van der Waals surface area contributed by atoms with Crippen LogP contribution in [0.25, 0.3) is 0 Å². The highest BCUT2D eigenvalue weighted by Gasteiger charge is 2.24. The lowest BCUT2D eigenvalue weighted by atomic mass is 10.0. The number of nitrogens with one attached hydrogen (secondary N) is 1. The van der Waals surface area contributed by atoms with Crippen LogP contribution < -0.4 is 14.8 Å². The molecule has 26 heavy (non-hydrogen) atoms. The molecule has 0 atom stereocenters. The number of nitrogens with zero attached hydrogens (tertiary/aromatic N) is 1. The van der Waals surface area contributed by atoms with Crippen molar-refractivity contribution in [2.75, 3.05) is 38.6 Å². The van der Waals surface area contributed by atoms with Gasteiger partial charge in [-0.15, -0.1) is 11.8 Å². The highest BCUT2D eigenvalue weighted by molar-refractivity contribution is 7.99. The first-order valence-electron chi connectivity index (χ1n) is 9.80. The summed E-state index contributed by atoms with van der Waals surface area (Å²) in [6.07, 6.45) is 4.66. The molecule has 6 heteroatoms. The number of benzene rings is 1. The molecule has 1 aromatic carbocycles. The molecule has 0 unspecified atom stereocenters. The van der Waals surface area contributed by atoms with Crippen LogP contribution in [0.2, 0.25) is 0 Å². The molecule has 0 saturated carbocycles.